The minimum Gasteiger partial charge on any atom is -0.315 e. The van der Waals surface area contributed by atoms with E-state index < -0.39 is 0 Å². The summed E-state index contributed by atoms with van der Waals surface area (Å²) in [6.45, 7) is 9.37. The third-order valence-corrected chi connectivity index (χ3v) is 7.83. The van der Waals surface area contributed by atoms with E-state index in [1.807, 2.05) is 0 Å². The Morgan fingerprint density at radius 2 is 1.31 bits per heavy atom. The first-order valence-corrected chi connectivity index (χ1v) is 11.7. The van der Waals surface area contributed by atoms with E-state index >= 15 is 0 Å². The molecule has 3 atom stereocenters. The van der Waals surface area contributed by atoms with Crippen LogP contribution < -0.4 is 10.6 Å². The lowest BCUT2D eigenvalue weighted by Crippen LogP contribution is -2.52. The zero-order valence-corrected chi connectivity index (χ0v) is 18.2. The molecule has 3 saturated carbocycles. The number of hydrogen-bond donors (Lipinski definition) is 2. The van der Waals surface area contributed by atoms with Crippen molar-refractivity contribution in [3.8, 4) is 0 Å². The highest BCUT2D eigenvalue weighted by Crippen LogP contribution is 2.60. The van der Waals surface area contributed by atoms with Gasteiger partial charge in [-0.15, -0.1) is 0 Å². The van der Waals surface area contributed by atoms with Gasteiger partial charge in [-0.2, -0.15) is 0 Å². The quantitative estimate of drug-likeness (QED) is 0.526. The van der Waals surface area contributed by atoms with E-state index in [4.69, 9.17) is 0 Å². The van der Waals surface area contributed by atoms with Crippen molar-refractivity contribution in [2.24, 2.45) is 23.2 Å². The lowest BCUT2D eigenvalue weighted by Gasteiger charge is -2.59. The van der Waals surface area contributed by atoms with Crippen molar-refractivity contribution in [1.82, 2.24) is 10.6 Å². The number of fused-ring (bicyclic) bond motifs is 2. The molecule has 3 fully saturated rings. The molecule has 0 amide bonds. The monoisotopic (exact) mass is 390 g/mol. The molecule has 2 N–H and O–H groups in total. The first-order valence-electron chi connectivity index (χ1n) is 11.7. The van der Waals surface area contributed by atoms with Crippen molar-refractivity contribution in [2.75, 3.05) is 26.2 Å². The Hall–Kier alpha value is -1.64. The van der Waals surface area contributed by atoms with Gasteiger partial charge in [-0.05, 0) is 73.1 Å². The minimum absolute atomic E-state index is 0.468. The van der Waals surface area contributed by atoms with Gasteiger partial charge in [0.25, 0.3) is 0 Å². The maximum absolute atomic E-state index is 3.71. The molecule has 156 valence electrons. The summed E-state index contributed by atoms with van der Waals surface area (Å²) in [7, 11) is 0. The number of benzene rings is 2. The predicted octanol–water partition coefficient (Wildman–Crippen LogP) is 5.46. The number of nitrogens with one attached hydrogen (secondary N) is 2. The molecule has 0 aromatic heterocycles. The second kappa shape index (κ2) is 9.45. The fourth-order valence-electron chi connectivity index (χ4n) is 5.74. The van der Waals surface area contributed by atoms with Gasteiger partial charge in [0.2, 0.25) is 0 Å². The molecule has 1 unspecified atom stereocenters. The van der Waals surface area contributed by atoms with Crippen molar-refractivity contribution >= 4 is 0 Å². The summed E-state index contributed by atoms with van der Waals surface area (Å²) in [6.07, 6.45) is 5.52. The van der Waals surface area contributed by atoms with Crippen molar-refractivity contribution in [3.63, 3.8) is 0 Å². The van der Waals surface area contributed by atoms with Gasteiger partial charge in [-0.3, -0.25) is 0 Å². The molecule has 2 aromatic carbocycles. The van der Waals surface area contributed by atoms with Crippen LogP contribution in [-0.2, 0) is 0 Å². The molecule has 0 heterocycles. The van der Waals surface area contributed by atoms with Crippen LogP contribution in [0.2, 0.25) is 0 Å². The van der Waals surface area contributed by atoms with E-state index in [2.05, 4.69) is 85.1 Å². The van der Waals surface area contributed by atoms with Crippen molar-refractivity contribution in [1.29, 1.82) is 0 Å². The van der Waals surface area contributed by atoms with E-state index in [0.29, 0.717) is 11.3 Å². The molecule has 2 nitrogen and oxygen atoms in total. The zero-order valence-electron chi connectivity index (χ0n) is 18.2. The van der Waals surface area contributed by atoms with Crippen LogP contribution in [0.3, 0.4) is 0 Å². The van der Waals surface area contributed by atoms with E-state index in [9.17, 15) is 0 Å². The van der Waals surface area contributed by atoms with E-state index in [0.717, 1.165) is 43.8 Å². The summed E-state index contributed by atoms with van der Waals surface area (Å²) >= 11 is 0. The van der Waals surface area contributed by atoms with Crippen LogP contribution in [0.1, 0.15) is 56.6 Å². The summed E-state index contributed by atoms with van der Waals surface area (Å²) in [4.78, 5) is 0. The lowest BCUT2D eigenvalue weighted by atomic mass is 9.47. The Kier molecular flexibility index (Phi) is 6.72. The lowest BCUT2D eigenvalue weighted by molar-refractivity contribution is -0.0890. The molecule has 0 aliphatic heterocycles. The molecule has 2 heteroatoms. The maximum Gasteiger partial charge on any atom is 0.0101 e. The molecule has 3 aliphatic carbocycles. The van der Waals surface area contributed by atoms with Crippen LogP contribution in [0.4, 0.5) is 0 Å². The van der Waals surface area contributed by atoms with Gasteiger partial charge in [-0.25, -0.2) is 0 Å². The highest BCUT2D eigenvalue weighted by Gasteiger charge is 2.52. The molecular formula is C27H38N2. The summed E-state index contributed by atoms with van der Waals surface area (Å²) in [5, 5.41) is 7.37. The third kappa shape index (κ3) is 4.92. The molecule has 2 bridgehead atoms. The molecular weight excluding hydrogens is 352 g/mol. The highest BCUT2D eigenvalue weighted by molar-refractivity contribution is 5.32. The van der Waals surface area contributed by atoms with Crippen LogP contribution in [0.5, 0.6) is 0 Å². The Bertz CT molecular complexity index is 686. The van der Waals surface area contributed by atoms with Gasteiger partial charge >= 0.3 is 0 Å². The van der Waals surface area contributed by atoms with Crippen molar-refractivity contribution < 1.29 is 0 Å². The van der Waals surface area contributed by atoms with Crippen LogP contribution in [-0.4, -0.2) is 26.2 Å². The number of hydrogen-bond acceptors (Lipinski definition) is 2. The average molecular weight is 391 g/mol. The van der Waals surface area contributed by atoms with E-state index in [1.54, 1.807) is 0 Å². The minimum atomic E-state index is 0.468. The van der Waals surface area contributed by atoms with Gasteiger partial charge in [0.15, 0.2) is 0 Å². The zero-order chi connectivity index (χ0) is 20.1. The van der Waals surface area contributed by atoms with Gasteiger partial charge < -0.3 is 10.6 Å². The molecule has 0 spiro atoms. The number of rotatable bonds is 10. The van der Waals surface area contributed by atoms with E-state index in [-0.39, 0.29) is 0 Å². The summed E-state index contributed by atoms with van der Waals surface area (Å²) in [6, 6.07) is 21.9. The van der Waals surface area contributed by atoms with Gasteiger partial charge in [-0.1, -0.05) is 74.5 Å². The normalized spacial score (nSPS) is 25.0. The van der Waals surface area contributed by atoms with Gasteiger partial charge in [0, 0.05) is 19.0 Å². The molecule has 0 saturated heterocycles. The molecule has 3 aliphatic rings. The maximum atomic E-state index is 3.71. The standard InChI is InChI=1S/C27H38N2/c1-27(2)24-17-21(18-25(27)19-24)20-29-16-15-28-14-13-26(22-9-5-3-6-10-22)23-11-7-4-8-12-23/h3-12,21,24-26,28-29H,13-20H2,1-2H3/t21?,24-,25+. The third-order valence-electron chi connectivity index (χ3n) is 7.83. The van der Waals surface area contributed by atoms with Crippen LogP contribution in [0, 0.1) is 23.2 Å². The molecule has 0 radical (unpaired) electrons. The van der Waals surface area contributed by atoms with Gasteiger partial charge in [0.05, 0.1) is 0 Å². The molecule has 2 aromatic rings. The SMILES string of the molecule is CC1(C)[C@@H]2CC(CNCCNCCC(c3ccccc3)c3ccccc3)C[C@H]1C2. The van der Waals surface area contributed by atoms with Crippen molar-refractivity contribution in [3.05, 3.63) is 71.8 Å². The largest absolute Gasteiger partial charge is 0.315 e. The summed E-state index contributed by atoms with van der Waals surface area (Å²) in [5.41, 5.74) is 3.46. The first kappa shape index (κ1) is 20.6. The summed E-state index contributed by atoms with van der Waals surface area (Å²) in [5.74, 6) is 3.35. The Morgan fingerprint density at radius 3 is 1.86 bits per heavy atom. The first-order chi connectivity index (χ1) is 14.1. The summed E-state index contributed by atoms with van der Waals surface area (Å²) < 4.78 is 0. The fraction of sp³-hybridized carbons (Fsp3) is 0.556. The Morgan fingerprint density at radius 1 is 0.759 bits per heavy atom. The van der Waals surface area contributed by atoms with Crippen molar-refractivity contribution in [2.45, 2.75) is 45.4 Å². The van der Waals surface area contributed by atoms with Crippen LogP contribution in [0.15, 0.2) is 60.7 Å². The Balaban J connectivity index is 1.15. The fourth-order valence-corrected chi connectivity index (χ4v) is 5.74. The van der Waals surface area contributed by atoms with Crippen LogP contribution >= 0.6 is 0 Å². The second-order valence-corrected chi connectivity index (χ2v) is 9.91. The predicted molar refractivity (Wildman–Crippen MR) is 123 cm³/mol. The average Bonchev–Trinajstić information content (AvgIpc) is 2.77. The van der Waals surface area contributed by atoms with Crippen LogP contribution in [0.25, 0.3) is 0 Å². The molecule has 5 rings (SSSR count). The highest BCUT2D eigenvalue weighted by atomic mass is 14.9. The Labute approximate surface area is 177 Å². The molecule has 29 heavy (non-hydrogen) atoms. The second-order valence-electron chi connectivity index (χ2n) is 9.91. The van der Waals surface area contributed by atoms with Gasteiger partial charge in [0.1, 0.15) is 0 Å². The smallest absolute Gasteiger partial charge is 0.0101 e. The van der Waals surface area contributed by atoms with E-state index in [1.165, 1.54) is 36.9 Å². The topological polar surface area (TPSA) is 24.1 Å².